The number of imidazole rings is 1. The number of anilines is 1. The van der Waals surface area contributed by atoms with Crippen LogP contribution in [0.3, 0.4) is 0 Å². The maximum atomic E-state index is 10.8. The van der Waals surface area contributed by atoms with Gasteiger partial charge in [-0.05, 0) is 60.7 Å². The van der Waals surface area contributed by atoms with Gasteiger partial charge in [0.15, 0.2) is 0 Å². The molecule has 0 aliphatic heterocycles. The predicted octanol–water partition coefficient (Wildman–Crippen LogP) is 7.95. The average Bonchev–Trinajstić information content (AvgIpc) is 3.36. The lowest BCUT2D eigenvalue weighted by atomic mass is 10.0. The summed E-state index contributed by atoms with van der Waals surface area (Å²) in [5, 5.41) is 10.8. The quantitative estimate of drug-likeness (QED) is 0.230. The molecule has 6 aromatic rings. The number of aromatic hydroxyl groups is 1. The fraction of sp³-hybridized carbons (Fsp3) is 0. The summed E-state index contributed by atoms with van der Waals surface area (Å²) in [4.78, 5) is 5.12. The number of phenols is 1. The molecule has 0 fully saturated rings. The number of nitrogen functional groups attached to an aromatic ring is 1. The van der Waals surface area contributed by atoms with E-state index in [1.54, 1.807) is 6.07 Å². The van der Waals surface area contributed by atoms with E-state index in [1.807, 2.05) is 103 Å². The van der Waals surface area contributed by atoms with Gasteiger partial charge in [-0.3, -0.25) is 4.57 Å². The average molecular weight is 496 g/mol. The van der Waals surface area contributed by atoms with Crippen LogP contribution in [-0.2, 0) is 0 Å². The molecule has 0 aliphatic carbocycles. The first-order chi connectivity index (χ1) is 18.7. The smallest absolute Gasteiger partial charge is 0.149 e. The molecular formula is C33H25N3O2. The lowest BCUT2D eigenvalue weighted by molar-refractivity contribution is 0.476. The highest BCUT2D eigenvalue weighted by Crippen LogP contribution is 2.40. The summed E-state index contributed by atoms with van der Waals surface area (Å²) in [5.41, 5.74) is 11.8. The van der Waals surface area contributed by atoms with Crippen LogP contribution < -0.4 is 10.5 Å². The van der Waals surface area contributed by atoms with Gasteiger partial charge in [0.1, 0.15) is 23.1 Å². The number of rotatable bonds is 6. The summed E-state index contributed by atoms with van der Waals surface area (Å²) >= 11 is 0. The van der Waals surface area contributed by atoms with E-state index in [4.69, 9.17) is 15.5 Å². The number of aromatic nitrogens is 2. The first-order valence-corrected chi connectivity index (χ1v) is 12.3. The summed E-state index contributed by atoms with van der Waals surface area (Å²) in [6.07, 6.45) is 0. The van der Waals surface area contributed by atoms with Crippen molar-refractivity contribution >= 4 is 5.69 Å². The van der Waals surface area contributed by atoms with E-state index in [-0.39, 0.29) is 5.75 Å². The molecule has 0 spiro atoms. The van der Waals surface area contributed by atoms with Crippen molar-refractivity contribution in [2.75, 3.05) is 5.73 Å². The SMILES string of the molecule is Nc1ccc(Oc2ccc(-n3c(-c4ccccc4O)nc(-c4ccccc4)c3-c3ccccc3)cc2)cc1. The van der Waals surface area contributed by atoms with Crippen molar-refractivity contribution in [3.8, 4) is 56.8 Å². The minimum Gasteiger partial charge on any atom is -0.507 e. The van der Waals surface area contributed by atoms with E-state index in [9.17, 15) is 5.11 Å². The van der Waals surface area contributed by atoms with Crippen molar-refractivity contribution in [3.63, 3.8) is 0 Å². The Labute approximate surface area is 221 Å². The number of benzene rings is 5. The Balaban J connectivity index is 1.55. The summed E-state index contributed by atoms with van der Waals surface area (Å²) in [7, 11) is 0. The van der Waals surface area contributed by atoms with E-state index in [2.05, 4.69) is 28.8 Å². The normalized spacial score (nSPS) is 10.8. The summed E-state index contributed by atoms with van der Waals surface area (Å²) in [6.45, 7) is 0. The third-order valence-corrected chi connectivity index (χ3v) is 6.33. The fourth-order valence-electron chi connectivity index (χ4n) is 4.51. The molecule has 0 radical (unpaired) electrons. The topological polar surface area (TPSA) is 73.3 Å². The van der Waals surface area contributed by atoms with Gasteiger partial charge in [-0.25, -0.2) is 4.98 Å². The molecule has 1 aromatic heterocycles. The number of phenolic OH excluding ortho intramolecular Hbond substituents is 1. The van der Waals surface area contributed by atoms with Crippen molar-refractivity contribution in [2.24, 2.45) is 0 Å². The molecule has 0 amide bonds. The van der Waals surface area contributed by atoms with Crippen LogP contribution in [0.25, 0.3) is 39.6 Å². The van der Waals surface area contributed by atoms with E-state index in [1.165, 1.54) is 0 Å². The van der Waals surface area contributed by atoms with Gasteiger partial charge in [-0.2, -0.15) is 0 Å². The first kappa shape index (κ1) is 23.1. The molecule has 38 heavy (non-hydrogen) atoms. The Morgan fingerprint density at radius 2 is 1.16 bits per heavy atom. The van der Waals surface area contributed by atoms with E-state index < -0.39 is 0 Å². The van der Waals surface area contributed by atoms with Crippen molar-refractivity contribution < 1.29 is 9.84 Å². The summed E-state index contributed by atoms with van der Waals surface area (Å²) in [6, 6.07) is 42.7. The summed E-state index contributed by atoms with van der Waals surface area (Å²) in [5.74, 6) is 2.22. The highest BCUT2D eigenvalue weighted by atomic mass is 16.5. The molecule has 0 atom stereocenters. The van der Waals surface area contributed by atoms with Crippen LogP contribution in [0.2, 0.25) is 0 Å². The number of nitrogens with zero attached hydrogens (tertiary/aromatic N) is 2. The molecule has 1 heterocycles. The second kappa shape index (κ2) is 9.99. The standard InChI is InChI=1S/C33H25N3O2/c34-25-15-19-27(20-16-25)38-28-21-17-26(18-22-28)36-32(24-11-5-2-6-12-24)31(23-9-3-1-4-10-23)35-33(36)29-13-7-8-14-30(29)37/h1-22,37H,34H2. The zero-order valence-electron chi connectivity index (χ0n) is 20.5. The Bertz CT molecular complexity index is 1680. The molecule has 5 heteroatoms. The first-order valence-electron chi connectivity index (χ1n) is 12.3. The van der Waals surface area contributed by atoms with Gasteiger partial charge in [0.25, 0.3) is 0 Å². The Morgan fingerprint density at radius 3 is 1.79 bits per heavy atom. The van der Waals surface area contributed by atoms with Gasteiger partial charge in [0.05, 0.1) is 17.0 Å². The molecule has 0 saturated heterocycles. The van der Waals surface area contributed by atoms with Crippen LogP contribution in [0.1, 0.15) is 0 Å². The lowest BCUT2D eigenvalue weighted by Gasteiger charge is -2.15. The van der Waals surface area contributed by atoms with Crippen molar-refractivity contribution in [1.29, 1.82) is 0 Å². The van der Waals surface area contributed by atoms with Gasteiger partial charge in [-0.1, -0.05) is 72.8 Å². The molecule has 0 bridgehead atoms. The number of nitrogens with two attached hydrogens (primary N) is 1. The van der Waals surface area contributed by atoms with Gasteiger partial charge in [-0.15, -0.1) is 0 Å². The lowest BCUT2D eigenvalue weighted by Crippen LogP contribution is -2.00. The van der Waals surface area contributed by atoms with Crippen LogP contribution in [0.4, 0.5) is 5.69 Å². The molecule has 3 N–H and O–H groups in total. The second-order valence-electron chi connectivity index (χ2n) is 8.88. The Kier molecular flexibility index (Phi) is 6.08. The highest BCUT2D eigenvalue weighted by molar-refractivity contribution is 5.85. The van der Waals surface area contributed by atoms with Gasteiger partial charge >= 0.3 is 0 Å². The largest absolute Gasteiger partial charge is 0.507 e. The molecule has 5 aromatic carbocycles. The Morgan fingerprint density at radius 1 is 0.605 bits per heavy atom. The fourth-order valence-corrected chi connectivity index (χ4v) is 4.51. The van der Waals surface area contributed by atoms with E-state index in [0.717, 1.165) is 28.2 Å². The van der Waals surface area contributed by atoms with Crippen LogP contribution >= 0.6 is 0 Å². The number of para-hydroxylation sites is 1. The van der Waals surface area contributed by atoms with Gasteiger partial charge in [0.2, 0.25) is 0 Å². The number of ether oxygens (including phenoxy) is 1. The third-order valence-electron chi connectivity index (χ3n) is 6.33. The Hall–Kier alpha value is -5.29. The van der Waals surface area contributed by atoms with Gasteiger partial charge < -0.3 is 15.6 Å². The minimum absolute atomic E-state index is 0.168. The maximum Gasteiger partial charge on any atom is 0.149 e. The summed E-state index contributed by atoms with van der Waals surface area (Å²) < 4.78 is 8.12. The van der Waals surface area contributed by atoms with Crippen LogP contribution in [0.5, 0.6) is 17.2 Å². The van der Waals surface area contributed by atoms with E-state index >= 15 is 0 Å². The number of hydrogen-bond donors (Lipinski definition) is 2. The van der Waals surface area contributed by atoms with Gasteiger partial charge in [0, 0.05) is 22.5 Å². The second-order valence-corrected chi connectivity index (χ2v) is 8.88. The molecule has 6 rings (SSSR count). The van der Waals surface area contributed by atoms with Crippen molar-refractivity contribution in [1.82, 2.24) is 9.55 Å². The molecule has 0 aliphatic rings. The van der Waals surface area contributed by atoms with Crippen molar-refractivity contribution in [2.45, 2.75) is 0 Å². The molecular weight excluding hydrogens is 470 g/mol. The molecule has 0 saturated carbocycles. The highest BCUT2D eigenvalue weighted by Gasteiger charge is 2.23. The van der Waals surface area contributed by atoms with Crippen LogP contribution in [-0.4, -0.2) is 14.7 Å². The molecule has 184 valence electrons. The van der Waals surface area contributed by atoms with E-state index in [0.29, 0.717) is 28.6 Å². The van der Waals surface area contributed by atoms with Crippen LogP contribution in [0.15, 0.2) is 133 Å². The monoisotopic (exact) mass is 495 g/mol. The third kappa shape index (κ3) is 4.49. The number of hydrogen-bond acceptors (Lipinski definition) is 4. The maximum absolute atomic E-state index is 10.8. The van der Waals surface area contributed by atoms with Crippen LogP contribution in [0, 0.1) is 0 Å². The molecule has 5 nitrogen and oxygen atoms in total. The zero-order valence-corrected chi connectivity index (χ0v) is 20.5. The molecule has 0 unspecified atom stereocenters. The predicted molar refractivity (Wildman–Crippen MR) is 152 cm³/mol. The zero-order chi connectivity index (χ0) is 25.9. The van der Waals surface area contributed by atoms with Crippen molar-refractivity contribution in [3.05, 3.63) is 133 Å². The minimum atomic E-state index is 0.168.